The van der Waals surface area contributed by atoms with E-state index in [0.717, 1.165) is 18.9 Å². The van der Waals surface area contributed by atoms with Crippen LogP contribution < -0.4 is 10.1 Å². The summed E-state index contributed by atoms with van der Waals surface area (Å²) < 4.78 is 10.0. The number of anilines is 1. The summed E-state index contributed by atoms with van der Waals surface area (Å²) in [5.41, 5.74) is 1.52. The van der Waals surface area contributed by atoms with Gasteiger partial charge in [-0.3, -0.25) is 10.1 Å². The lowest BCUT2D eigenvalue weighted by atomic mass is 10.0. The fraction of sp³-hybridized carbons (Fsp3) is 0.231. The molecule has 0 heterocycles. The standard InChI is InChI=1S/C14H9Cl2NO5.C12H18N2O/c1-21-14(18)10-7-9(3-4-12(10)17(19)20)22-13-5-2-8(15)6-11(13)16;1-9(2)10-5-7-11(8-6-10)13-12(15)14(3)4/h2-7H,1H3;5-9H,1-4H3,(H,13,15). The number of hydrogen-bond donors (Lipinski definition) is 1. The molecule has 0 saturated carbocycles. The van der Waals surface area contributed by atoms with Gasteiger partial charge < -0.3 is 19.7 Å². The van der Waals surface area contributed by atoms with Crippen molar-refractivity contribution in [3.8, 4) is 11.5 Å². The van der Waals surface area contributed by atoms with Crippen molar-refractivity contribution in [2.24, 2.45) is 0 Å². The SMILES string of the molecule is CC(C)c1ccc(NC(=O)N(C)C)cc1.COC(=O)c1cc(Oc2ccc(Cl)cc2Cl)ccc1[N+](=O)[O-]. The molecule has 3 aromatic rings. The predicted octanol–water partition coefficient (Wildman–Crippen LogP) is 7.38. The first-order valence-electron chi connectivity index (χ1n) is 11.0. The van der Waals surface area contributed by atoms with Crippen LogP contribution >= 0.6 is 23.2 Å². The average Bonchev–Trinajstić information content (AvgIpc) is 2.85. The minimum absolute atomic E-state index is 0.104. The monoisotopic (exact) mass is 547 g/mol. The first-order chi connectivity index (χ1) is 17.4. The number of halogens is 2. The number of carbonyl (C=O) groups excluding carboxylic acids is 2. The summed E-state index contributed by atoms with van der Waals surface area (Å²) in [6, 6.07) is 16.2. The second-order valence-electron chi connectivity index (χ2n) is 8.21. The second-order valence-corrected chi connectivity index (χ2v) is 9.05. The lowest BCUT2D eigenvalue weighted by Gasteiger charge is -2.12. The van der Waals surface area contributed by atoms with Crippen LogP contribution in [0.5, 0.6) is 11.5 Å². The zero-order chi connectivity index (χ0) is 27.7. The molecule has 0 aromatic heterocycles. The molecule has 9 nitrogen and oxygen atoms in total. The van der Waals surface area contributed by atoms with Crippen molar-refractivity contribution in [3.05, 3.63) is 92.0 Å². The van der Waals surface area contributed by atoms with Crippen LogP contribution in [-0.4, -0.2) is 43.0 Å². The van der Waals surface area contributed by atoms with Crippen molar-refractivity contribution in [1.29, 1.82) is 0 Å². The molecule has 0 aliphatic rings. The summed E-state index contributed by atoms with van der Waals surface area (Å²) in [7, 11) is 4.57. The number of esters is 1. The molecule has 2 amide bonds. The first kappa shape index (κ1) is 29.4. The Labute approximate surface area is 225 Å². The van der Waals surface area contributed by atoms with Gasteiger partial charge in [0.2, 0.25) is 0 Å². The first-order valence-corrected chi connectivity index (χ1v) is 11.8. The average molecular weight is 548 g/mol. The summed E-state index contributed by atoms with van der Waals surface area (Å²) >= 11 is 11.8. The number of nitrogens with zero attached hydrogens (tertiary/aromatic N) is 2. The number of carbonyl (C=O) groups is 2. The molecular formula is C26H27Cl2N3O6. The minimum atomic E-state index is -0.834. The number of ether oxygens (including phenoxy) is 2. The molecule has 1 N–H and O–H groups in total. The highest BCUT2D eigenvalue weighted by atomic mass is 35.5. The van der Waals surface area contributed by atoms with E-state index < -0.39 is 10.9 Å². The molecule has 0 unspecified atom stereocenters. The van der Waals surface area contributed by atoms with Gasteiger partial charge in [-0.15, -0.1) is 0 Å². The molecule has 0 bridgehead atoms. The summed E-state index contributed by atoms with van der Waals surface area (Å²) in [5.74, 6) is 0.189. The van der Waals surface area contributed by atoms with Crippen LogP contribution in [0.15, 0.2) is 60.7 Å². The van der Waals surface area contributed by atoms with Gasteiger partial charge in [-0.1, -0.05) is 49.2 Å². The van der Waals surface area contributed by atoms with E-state index in [-0.39, 0.29) is 28.1 Å². The molecule has 11 heteroatoms. The molecule has 0 fully saturated rings. The van der Waals surface area contributed by atoms with E-state index in [0.29, 0.717) is 16.7 Å². The zero-order valence-corrected chi connectivity index (χ0v) is 22.5. The fourth-order valence-corrected chi connectivity index (χ4v) is 3.33. The van der Waals surface area contributed by atoms with Gasteiger partial charge in [0.05, 0.1) is 17.1 Å². The molecule has 0 aliphatic heterocycles. The number of urea groups is 1. The Hall–Kier alpha value is -3.82. The van der Waals surface area contributed by atoms with Crippen LogP contribution in [0.2, 0.25) is 10.0 Å². The molecule has 196 valence electrons. The summed E-state index contributed by atoms with van der Waals surface area (Å²) in [6.07, 6.45) is 0. The Balaban J connectivity index is 0.000000281. The maximum absolute atomic E-state index is 11.6. The van der Waals surface area contributed by atoms with E-state index in [9.17, 15) is 19.7 Å². The van der Waals surface area contributed by atoms with Gasteiger partial charge in [0.25, 0.3) is 5.69 Å². The number of methoxy groups -OCH3 is 1. The van der Waals surface area contributed by atoms with Crippen molar-refractivity contribution in [2.45, 2.75) is 19.8 Å². The van der Waals surface area contributed by atoms with Crippen molar-refractivity contribution in [1.82, 2.24) is 4.90 Å². The van der Waals surface area contributed by atoms with E-state index in [2.05, 4.69) is 23.9 Å². The maximum Gasteiger partial charge on any atom is 0.345 e. The summed E-state index contributed by atoms with van der Waals surface area (Å²) in [5, 5.41) is 14.4. The van der Waals surface area contributed by atoms with Crippen molar-refractivity contribution in [2.75, 3.05) is 26.5 Å². The van der Waals surface area contributed by atoms with Gasteiger partial charge in [0.15, 0.2) is 0 Å². The number of nitrogens with one attached hydrogen (secondary N) is 1. The maximum atomic E-state index is 11.6. The third kappa shape index (κ3) is 8.66. The number of benzene rings is 3. The Morgan fingerprint density at radius 2 is 1.65 bits per heavy atom. The van der Waals surface area contributed by atoms with E-state index in [4.69, 9.17) is 27.9 Å². The van der Waals surface area contributed by atoms with E-state index in [1.807, 2.05) is 24.3 Å². The number of rotatable bonds is 6. The Morgan fingerprint density at radius 3 is 2.16 bits per heavy atom. The van der Waals surface area contributed by atoms with Crippen LogP contribution in [0, 0.1) is 10.1 Å². The van der Waals surface area contributed by atoms with Gasteiger partial charge in [-0.2, -0.15) is 0 Å². The number of nitro benzene ring substituents is 1. The van der Waals surface area contributed by atoms with Gasteiger partial charge in [0.1, 0.15) is 17.1 Å². The third-order valence-electron chi connectivity index (χ3n) is 4.93. The highest BCUT2D eigenvalue weighted by molar-refractivity contribution is 6.35. The second kappa shape index (κ2) is 13.5. The van der Waals surface area contributed by atoms with Crippen LogP contribution in [0.25, 0.3) is 0 Å². The molecule has 0 radical (unpaired) electrons. The topological polar surface area (TPSA) is 111 Å². The molecule has 0 saturated heterocycles. The minimum Gasteiger partial charge on any atom is -0.465 e. The van der Waals surface area contributed by atoms with Gasteiger partial charge >= 0.3 is 12.0 Å². The van der Waals surface area contributed by atoms with E-state index >= 15 is 0 Å². The molecule has 0 atom stereocenters. The number of hydrogen-bond acceptors (Lipinski definition) is 6. The summed E-state index contributed by atoms with van der Waals surface area (Å²) in [4.78, 5) is 34.7. The quantitative estimate of drug-likeness (QED) is 0.195. The fourth-order valence-electron chi connectivity index (χ4n) is 2.88. The van der Waals surface area contributed by atoms with Gasteiger partial charge in [-0.25, -0.2) is 9.59 Å². The molecule has 0 spiro atoms. The third-order valence-corrected chi connectivity index (χ3v) is 5.46. The highest BCUT2D eigenvalue weighted by Gasteiger charge is 2.22. The van der Waals surface area contributed by atoms with Crippen molar-refractivity contribution < 1.29 is 24.0 Å². The molecule has 3 rings (SSSR count). The Morgan fingerprint density at radius 1 is 1.00 bits per heavy atom. The lowest BCUT2D eigenvalue weighted by molar-refractivity contribution is -0.385. The lowest BCUT2D eigenvalue weighted by Crippen LogP contribution is -2.27. The van der Waals surface area contributed by atoms with E-state index in [1.54, 1.807) is 26.2 Å². The Kier molecular flexibility index (Phi) is 10.7. The van der Waals surface area contributed by atoms with Gasteiger partial charge in [0, 0.05) is 36.9 Å². The molecular weight excluding hydrogens is 521 g/mol. The normalized spacial score (nSPS) is 10.2. The summed E-state index contributed by atoms with van der Waals surface area (Å²) in [6.45, 7) is 4.29. The van der Waals surface area contributed by atoms with Crippen LogP contribution in [-0.2, 0) is 4.74 Å². The van der Waals surface area contributed by atoms with Crippen LogP contribution in [0.3, 0.4) is 0 Å². The van der Waals surface area contributed by atoms with Gasteiger partial charge in [-0.05, 0) is 47.9 Å². The molecule has 0 aliphatic carbocycles. The van der Waals surface area contributed by atoms with E-state index in [1.165, 1.54) is 28.7 Å². The molecule has 37 heavy (non-hydrogen) atoms. The zero-order valence-electron chi connectivity index (χ0n) is 21.0. The number of nitro groups is 1. The number of amides is 2. The highest BCUT2D eigenvalue weighted by Crippen LogP contribution is 2.33. The van der Waals surface area contributed by atoms with Crippen LogP contribution in [0.4, 0.5) is 16.2 Å². The molecule has 3 aromatic carbocycles. The smallest absolute Gasteiger partial charge is 0.345 e. The largest absolute Gasteiger partial charge is 0.465 e. The predicted molar refractivity (Wildman–Crippen MR) is 144 cm³/mol. The Bertz CT molecular complexity index is 1260. The van der Waals surface area contributed by atoms with Crippen molar-refractivity contribution in [3.63, 3.8) is 0 Å². The van der Waals surface area contributed by atoms with Crippen LogP contribution in [0.1, 0.15) is 35.7 Å². The van der Waals surface area contributed by atoms with Crippen molar-refractivity contribution >= 4 is 46.6 Å².